The fourth-order valence-corrected chi connectivity index (χ4v) is 3.32. The number of aliphatic imine (C=N–C) groups is 1. The average molecular weight is 361 g/mol. The van der Waals surface area contributed by atoms with Crippen LogP contribution in [0.5, 0.6) is 5.75 Å². The molecule has 25 heavy (non-hydrogen) atoms. The third-order valence-corrected chi connectivity index (χ3v) is 4.72. The van der Waals surface area contributed by atoms with Gasteiger partial charge < -0.3 is 15.0 Å². The van der Waals surface area contributed by atoms with E-state index < -0.39 is 0 Å². The second kappa shape index (κ2) is 8.34. The first-order valence-corrected chi connectivity index (χ1v) is 9.21. The van der Waals surface area contributed by atoms with Gasteiger partial charge in [-0.1, -0.05) is 32.9 Å². The highest BCUT2D eigenvalue weighted by molar-refractivity contribution is 7.09. The Kier molecular flexibility index (Phi) is 6.42. The van der Waals surface area contributed by atoms with Crippen molar-refractivity contribution in [1.82, 2.24) is 15.2 Å². The number of hydrogen-bond donors (Lipinski definition) is 1. The zero-order valence-electron chi connectivity index (χ0n) is 16.0. The lowest BCUT2D eigenvalue weighted by atomic mass is 9.93. The third-order valence-electron chi connectivity index (χ3n) is 3.87. The van der Waals surface area contributed by atoms with Gasteiger partial charge in [-0.15, -0.1) is 11.3 Å². The molecule has 1 N–H and O–H groups in total. The minimum absolute atomic E-state index is 0.0849. The van der Waals surface area contributed by atoms with Crippen molar-refractivity contribution >= 4 is 17.3 Å². The van der Waals surface area contributed by atoms with Gasteiger partial charge in [-0.2, -0.15) is 0 Å². The van der Waals surface area contributed by atoms with Crippen molar-refractivity contribution in [2.45, 2.75) is 39.3 Å². The highest BCUT2D eigenvalue weighted by Gasteiger charge is 2.17. The molecule has 0 atom stereocenters. The Labute approximate surface area is 154 Å². The van der Waals surface area contributed by atoms with Crippen LogP contribution in [0.2, 0.25) is 0 Å². The largest absolute Gasteiger partial charge is 0.497 e. The van der Waals surface area contributed by atoms with E-state index in [0.717, 1.165) is 29.0 Å². The van der Waals surface area contributed by atoms with E-state index in [2.05, 4.69) is 53.5 Å². The first-order valence-electron chi connectivity index (χ1n) is 8.33. The number of guanidine groups is 1. The second-order valence-corrected chi connectivity index (χ2v) is 7.92. The molecule has 5 nitrogen and oxygen atoms in total. The average Bonchev–Trinajstić information content (AvgIpc) is 3.05. The van der Waals surface area contributed by atoms with Crippen LogP contribution < -0.4 is 10.1 Å². The van der Waals surface area contributed by atoms with Gasteiger partial charge in [0.25, 0.3) is 0 Å². The van der Waals surface area contributed by atoms with Gasteiger partial charge in [0.1, 0.15) is 10.8 Å². The van der Waals surface area contributed by atoms with Crippen molar-refractivity contribution in [2.75, 3.05) is 21.2 Å². The number of nitrogens with zero attached hydrogens (tertiary/aromatic N) is 3. The maximum absolute atomic E-state index is 5.20. The van der Waals surface area contributed by atoms with Crippen LogP contribution in [-0.4, -0.2) is 37.0 Å². The molecule has 0 radical (unpaired) electrons. The molecule has 1 heterocycles. The molecule has 0 aliphatic carbocycles. The summed E-state index contributed by atoms with van der Waals surface area (Å²) in [6.07, 6.45) is 0. The molecular formula is C19H28N4OS. The van der Waals surface area contributed by atoms with E-state index in [-0.39, 0.29) is 5.41 Å². The molecule has 136 valence electrons. The first-order chi connectivity index (χ1) is 11.8. The number of hydrogen-bond acceptors (Lipinski definition) is 4. The zero-order chi connectivity index (χ0) is 18.4. The molecule has 0 saturated carbocycles. The monoisotopic (exact) mass is 360 g/mol. The van der Waals surface area contributed by atoms with Gasteiger partial charge in [0.2, 0.25) is 0 Å². The minimum atomic E-state index is 0.0849. The van der Waals surface area contributed by atoms with E-state index in [9.17, 15) is 0 Å². The summed E-state index contributed by atoms with van der Waals surface area (Å²) >= 11 is 1.69. The summed E-state index contributed by atoms with van der Waals surface area (Å²) < 4.78 is 5.20. The number of benzene rings is 1. The molecule has 0 aliphatic heterocycles. The maximum Gasteiger partial charge on any atom is 0.194 e. The smallest absolute Gasteiger partial charge is 0.194 e. The number of ether oxygens (including phenoxy) is 1. The molecule has 0 spiro atoms. The second-order valence-electron chi connectivity index (χ2n) is 6.98. The highest BCUT2D eigenvalue weighted by atomic mass is 32.1. The molecule has 0 bridgehead atoms. The van der Waals surface area contributed by atoms with Crippen LogP contribution in [0, 0.1) is 0 Å². The van der Waals surface area contributed by atoms with Crippen molar-refractivity contribution in [1.29, 1.82) is 0 Å². The predicted molar refractivity (Wildman–Crippen MR) is 105 cm³/mol. The summed E-state index contributed by atoms with van der Waals surface area (Å²) in [5.74, 6) is 1.72. The quantitative estimate of drug-likeness (QED) is 0.653. The lowest BCUT2D eigenvalue weighted by Gasteiger charge is -2.22. The van der Waals surface area contributed by atoms with Crippen molar-refractivity contribution in [3.8, 4) is 5.75 Å². The lowest BCUT2D eigenvalue weighted by Crippen LogP contribution is -2.38. The Balaban J connectivity index is 1.93. The fourth-order valence-electron chi connectivity index (χ4n) is 2.36. The van der Waals surface area contributed by atoms with Crippen molar-refractivity contribution in [3.63, 3.8) is 0 Å². The normalized spacial score (nSPS) is 12.2. The standard InChI is InChI=1S/C19H28N4OS/c1-19(2,3)16-13-25-17(22-16)11-21-18(20-4)23(5)12-14-7-9-15(24-6)10-8-14/h7-10,13H,11-12H2,1-6H3,(H,20,21). The zero-order valence-corrected chi connectivity index (χ0v) is 16.8. The Hall–Kier alpha value is -2.08. The summed E-state index contributed by atoms with van der Waals surface area (Å²) in [5, 5.41) is 6.61. The molecule has 0 amide bonds. The predicted octanol–water partition coefficient (Wildman–Crippen LogP) is 3.66. The Morgan fingerprint density at radius 3 is 2.48 bits per heavy atom. The van der Waals surface area contributed by atoms with Gasteiger partial charge in [0.05, 0.1) is 19.3 Å². The van der Waals surface area contributed by atoms with E-state index in [1.807, 2.05) is 19.2 Å². The number of rotatable bonds is 5. The van der Waals surface area contributed by atoms with E-state index in [4.69, 9.17) is 9.72 Å². The molecule has 0 saturated heterocycles. The summed E-state index contributed by atoms with van der Waals surface area (Å²) in [6, 6.07) is 8.09. The fraction of sp³-hybridized carbons (Fsp3) is 0.474. The van der Waals surface area contributed by atoms with Gasteiger partial charge in [0, 0.05) is 31.4 Å². The van der Waals surface area contributed by atoms with Crippen LogP contribution >= 0.6 is 11.3 Å². The molecular weight excluding hydrogens is 332 g/mol. The highest BCUT2D eigenvalue weighted by Crippen LogP contribution is 2.23. The van der Waals surface area contributed by atoms with Crippen LogP contribution in [0.3, 0.4) is 0 Å². The molecule has 0 aliphatic rings. The summed E-state index contributed by atoms with van der Waals surface area (Å²) in [7, 11) is 5.51. The molecule has 1 aromatic carbocycles. The molecule has 6 heteroatoms. The minimum Gasteiger partial charge on any atom is -0.497 e. The van der Waals surface area contributed by atoms with Crippen molar-refractivity contribution in [3.05, 3.63) is 45.9 Å². The van der Waals surface area contributed by atoms with E-state index in [1.54, 1.807) is 25.5 Å². The van der Waals surface area contributed by atoms with E-state index in [0.29, 0.717) is 6.54 Å². The molecule has 0 fully saturated rings. The number of aromatic nitrogens is 1. The summed E-state index contributed by atoms with van der Waals surface area (Å²) in [5.41, 5.74) is 2.42. The van der Waals surface area contributed by atoms with Crippen LogP contribution in [0.25, 0.3) is 0 Å². The van der Waals surface area contributed by atoms with Crippen molar-refractivity contribution < 1.29 is 4.74 Å². The van der Waals surface area contributed by atoms with Gasteiger partial charge in [-0.25, -0.2) is 4.98 Å². The number of thiazole rings is 1. The van der Waals surface area contributed by atoms with Crippen LogP contribution in [0.15, 0.2) is 34.6 Å². The topological polar surface area (TPSA) is 49.8 Å². The Bertz CT molecular complexity index is 701. The van der Waals surface area contributed by atoms with Gasteiger partial charge >= 0.3 is 0 Å². The lowest BCUT2D eigenvalue weighted by molar-refractivity contribution is 0.414. The van der Waals surface area contributed by atoms with Gasteiger partial charge in [-0.05, 0) is 17.7 Å². The number of methoxy groups -OCH3 is 1. The Morgan fingerprint density at radius 2 is 1.96 bits per heavy atom. The van der Waals surface area contributed by atoms with E-state index >= 15 is 0 Å². The van der Waals surface area contributed by atoms with Crippen LogP contribution in [0.4, 0.5) is 0 Å². The summed E-state index contributed by atoms with van der Waals surface area (Å²) in [4.78, 5) is 11.2. The van der Waals surface area contributed by atoms with Crippen LogP contribution in [-0.2, 0) is 18.5 Å². The van der Waals surface area contributed by atoms with Gasteiger partial charge in [-0.3, -0.25) is 4.99 Å². The number of nitrogens with one attached hydrogen (secondary N) is 1. The summed E-state index contributed by atoms with van der Waals surface area (Å²) in [6.45, 7) is 8.00. The van der Waals surface area contributed by atoms with Gasteiger partial charge in [0.15, 0.2) is 5.96 Å². The SMILES string of the molecule is CN=C(NCc1nc(C(C)(C)C)cs1)N(C)Cc1ccc(OC)cc1. The molecule has 0 unspecified atom stereocenters. The van der Waals surface area contributed by atoms with Crippen molar-refractivity contribution in [2.24, 2.45) is 4.99 Å². The maximum atomic E-state index is 5.20. The third kappa shape index (κ3) is 5.46. The van der Waals surface area contributed by atoms with E-state index in [1.165, 1.54) is 5.56 Å². The molecule has 2 rings (SSSR count). The molecule has 1 aromatic heterocycles. The first kappa shape index (κ1) is 19.2. The Morgan fingerprint density at radius 1 is 1.28 bits per heavy atom. The van der Waals surface area contributed by atoms with Crippen LogP contribution in [0.1, 0.15) is 37.0 Å². The molecule has 2 aromatic rings.